The van der Waals surface area contributed by atoms with E-state index in [9.17, 15) is 63.3 Å². The Bertz CT molecular complexity index is 2140. The molecule has 0 aromatic heterocycles. The van der Waals surface area contributed by atoms with Gasteiger partial charge < -0.3 is 74.8 Å². The third kappa shape index (κ3) is 22.0. The number of hydrogen-bond acceptors (Lipinski definition) is 13. The van der Waals surface area contributed by atoms with Gasteiger partial charge in [0.1, 0.15) is 42.0 Å². The highest BCUT2D eigenvalue weighted by molar-refractivity contribution is 5.97. The molecule has 0 heterocycles. The van der Waals surface area contributed by atoms with Crippen molar-refractivity contribution in [2.24, 2.45) is 28.1 Å². The Morgan fingerprint density at radius 3 is 1.65 bits per heavy atom. The zero-order valence-corrected chi connectivity index (χ0v) is 38.4. The van der Waals surface area contributed by atoms with Gasteiger partial charge in [0.2, 0.25) is 41.4 Å². The largest absolute Gasteiger partial charge is 0.508 e. The number of phenolic OH excluding ortho intramolecular Hbond substituents is 1. The summed E-state index contributed by atoms with van der Waals surface area (Å²) in [6.45, 7) is 3.75. The number of nitrogens with zero attached hydrogens (tertiary/aromatic N) is 1. The molecule has 7 atom stereocenters. The van der Waals surface area contributed by atoms with E-state index in [0.29, 0.717) is 11.1 Å². The number of guanidine groups is 1. The smallest absolute Gasteiger partial charge is 0.326 e. The second kappa shape index (κ2) is 29.0. The molecule has 2 rings (SSSR count). The minimum atomic E-state index is -1.59. The number of benzene rings is 2. The lowest BCUT2D eigenvalue weighted by Gasteiger charge is -2.27. The van der Waals surface area contributed by atoms with E-state index in [4.69, 9.17) is 22.3 Å². The Kier molecular flexibility index (Phi) is 24.1. The number of hydrogen-bond donors (Lipinski definition) is 14. The summed E-state index contributed by atoms with van der Waals surface area (Å²) in [6, 6.07) is 4.32. The van der Waals surface area contributed by atoms with Crippen molar-refractivity contribution in [2.75, 3.05) is 13.1 Å². The molecular weight excluding hydrogens is 907 g/mol. The number of aromatic hydroxyl groups is 1. The molecule has 17 N–H and O–H groups in total. The molecule has 0 spiro atoms. The maximum atomic E-state index is 14.0. The predicted molar refractivity (Wildman–Crippen MR) is 246 cm³/mol. The van der Waals surface area contributed by atoms with Crippen LogP contribution in [0, 0.1) is 5.92 Å². The van der Waals surface area contributed by atoms with Crippen LogP contribution in [0.2, 0.25) is 0 Å². The number of aliphatic imine (C=N–C) groups is 1. The van der Waals surface area contributed by atoms with Gasteiger partial charge in [0.05, 0.1) is 12.6 Å². The van der Waals surface area contributed by atoms with Crippen molar-refractivity contribution in [1.29, 1.82) is 0 Å². The van der Waals surface area contributed by atoms with Gasteiger partial charge in [0, 0.05) is 32.2 Å². The van der Waals surface area contributed by atoms with Crippen molar-refractivity contribution in [3.8, 4) is 5.75 Å². The van der Waals surface area contributed by atoms with Crippen LogP contribution in [0.25, 0.3) is 0 Å². The van der Waals surface area contributed by atoms with E-state index in [-0.39, 0.29) is 50.4 Å². The summed E-state index contributed by atoms with van der Waals surface area (Å²) >= 11 is 0. The molecule has 0 saturated heterocycles. The van der Waals surface area contributed by atoms with E-state index in [1.807, 2.05) is 0 Å². The molecule has 0 aliphatic heterocycles. The molecule has 0 saturated carbocycles. The Balaban J connectivity index is 2.26. The lowest BCUT2D eigenvalue weighted by atomic mass is 10.0. The number of carbonyl (C=O) groups is 10. The van der Waals surface area contributed by atoms with Gasteiger partial charge in [-0.1, -0.05) is 56.3 Å². The fourth-order valence-corrected chi connectivity index (χ4v) is 6.38. The minimum Gasteiger partial charge on any atom is -0.508 e. The first-order valence-electron chi connectivity index (χ1n) is 21.8. The van der Waals surface area contributed by atoms with Gasteiger partial charge in [-0.15, -0.1) is 0 Å². The summed E-state index contributed by atoms with van der Waals surface area (Å²) in [6.07, 6.45) is -1.87. The Morgan fingerprint density at radius 1 is 0.580 bits per heavy atom. The molecule has 0 bridgehead atoms. The number of aliphatic carboxylic acids is 3. The molecule has 25 heteroatoms. The van der Waals surface area contributed by atoms with E-state index >= 15 is 0 Å². The van der Waals surface area contributed by atoms with Crippen molar-refractivity contribution in [2.45, 2.75) is 114 Å². The molecule has 69 heavy (non-hydrogen) atoms. The van der Waals surface area contributed by atoms with Crippen molar-refractivity contribution in [3.63, 3.8) is 0 Å². The quantitative estimate of drug-likeness (QED) is 0.0212. The molecule has 0 fully saturated rings. The number of nitrogens with two attached hydrogens (primary N) is 3. The molecule has 7 amide bonds. The Morgan fingerprint density at radius 2 is 1.10 bits per heavy atom. The first-order valence-corrected chi connectivity index (χ1v) is 21.8. The molecule has 0 radical (unpaired) electrons. The maximum Gasteiger partial charge on any atom is 0.326 e. The normalized spacial score (nSPS) is 13.9. The van der Waals surface area contributed by atoms with E-state index in [2.05, 4.69) is 42.2 Å². The fraction of sp³-hybridized carbons (Fsp3) is 0.477. The lowest BCUT2D eigenvalue weighted by molar-refractivity contribution is -0.142. The van der Waals surface area contributed by atoms with Crippen LogP contribution in [0.15, 0.2) is 59.6 Å². The summed E-state index contributed by atoms with van der Waals surface area (Å²) < 4.78 is 0. The van der Waals surface area contributed by atoms with Crippen molar-refractivity contribution in [3.05, 3.63) is 65.7 Å². The zero-order chi connectivity index (χ0) is 51.8. The lowest BCUT2D eigenvalue weighted by Crippen LogP contribution is -2.60. The number of carboxylic acids is 3. The molecule has 25 nitrogen and oxygen atoms in total. The van der Waals surface area contributed by atoms with Crippen molar-refractivity contribution in [1.82, 2.24) is 37.2 Å². The van der Waals surface area contributed by atoms with Crippen LogP contribution in [-0.4, -0.2) is 141 Å². The van der Waals surface area contributed by atoms with E-state index in [0.717, 1.165) is 0 Å². The van der Waals surface area contributed by atoms with Gasteiger partial charge in [0.25, 0.3) is 0 Å². The molecule has 2 aromatic rings. The molecular formula is C44H63N11O14. The van der Waals surface area contributed by atoms with Crippen LogP contribution >= 0.6 is 0 Å². The molecule has 0 aliphatic carbocycles. The third-order valence-electron chi connectivity index (χ3n) is 10.2. The second-order valence-electron chi connectivity index (χ2n) is 16.3. The first kappa shape index (κ1) is 57.3. The van der Waals surface area contributed by atoms with E-state index in [1.54, 1.807) is 44.2 Å². The second-order valence-corrected chi connectivity index (χ2v) is 16.3. The summed E-state index contributed by atoms with van der Waals surface area (Å²) in [5.41, 5.74) is 17.5. The highest BCUT2D eigenvalue weighted by Gasteiger charge is 2.33. The maximum absolute atomic E-state index is 14.0. The van der Waals surface area contributed by atoms with Gasteiger partial charge in [-0.3, -0.25) is 48.1 Å². The highest BCUT2D eigenvalue weighted by atomic mass is 16.4. The zero-order valence-electron chi connectivity index (χ0n) is 38.4. The van der Waals surface area contributed by atoms with Crippen molar-refractivity contribution < 1.29 is 68.4 Å². The first-order chi connectivity index (χ1) is 32.5. The SMILES string of the molecule is CC(C)[C@H](NC(=O)[C@H](CCC(=O)O)NC(=O)[C@H](C)NC(=O)[C@H](Cc1ccc(O)cc1)NC(=O)[C@H](Cc1ccccc1)NC(=O)[C@@H](N)CCC(=O)O)C(=O)NCC(=O)N[C@@H](CCCN=C(N)N)C(=O)O. The van der Waals surface area contributed by atoms with E-state index in [1.165, 1.54) is 31.2 Å². The number of phenols is 1. The van der Waals surface area contributed by atoms with Crippen LogP contribution < -0.4 is 54.4 Å². The number of nitrogens with one attached hydrogen (secondary N) is 7. The van der Waals surface area contributed by atoms with Crippen LogP contribution in [0.5, 0.6) is 5.75 Å². The number of carboxylic acid groups (broad SMARTS) is 3. The van der Waals surface area contributed by atoms with Crippen LogP contribution in [0.3, 0.4) is 0 Å². The molecule has 0 unspecified atom stereocenters. The van der Waals surface area contributed by atoms with Gasteiger partial charge >= 0.3 is 17.9 Å². The third-order valence-corrected chi connectivity index (χ3v) is 10.2. The average Bonchev–Trinajstić information content (AvgIpc) is 3.28. The summed E-state index contributed by atoms with van der Waals surface area (Å²) in [7, 11) is 0. The summed E-state index contributed by atoms with van der Waals surface area (Å²) in [5.74, 6) is -11.1. The number of amides is 7. The molecule has 0 aliphatic rings. The van der Waals surface area contributed by atoms with Gasteiger partial charge in [-0.25, -0.2) is 4.79 Å². The number of rotatable bonds is 30. The number of carbonyl (C=O) groups excluding carboxylic acids is 7. The topological polar surface area (TPSA) is 426 Å². The minimum absolute atomic E-state index is 0.0362. The Labute approximate surface area is 397 Å². The summed E-state index contributed by atoms with van der Waals surface area (Å²) in [4.78, 5) is 132. The Hall–Kier alpha value is -7.83. The van der Waals surface area contributed by atoms with Crippen molar-refractivity contribution >= 4 is 65.2 Å². The van der Waals surface area contributed by atoms with Crippen LogP contribution in [0.4, 0.5) is 0 Å². The highest BCUT2D eigenvalue weighted by Crippen LogP contribution is 2.13. The molecule has 2 aromatic carbocycles. The average molecular weight is 970 g/mol. The molecule has 378 valence electrons. The van der Waals surface area contributed by atoms with Crippen LogP contribution in [-0.2, 0) is 60.8 Å². The summed E-state index contributed by atoms with van der Waals surface area (Å²) in [5, 5.41) is 54.8. The van der Waals surface area contributed by atoms with Gasteiger partial charge in [0.15, 0.2) is 5.96 Å². The van der Waals surface area contributed by atoms with Gasteiger partial charge in [-0.05, 0) is 61.8 Å². The van der Waals surface area contributed by atoms with Gasteiger partial charge in [-0.2, -0.15) is 0 Å². The standard InChI is InChI=1S/C44H63N11O14/c1-23(2)36(42(67)49-22-33(57)51-30(43(68)69)10-7-19-48-44(46)47)55-39(64)29(16-18-35(60)61)52-37(62)24(3)50-40(65)31(21-26-11-13-27(56)14-12-26)54-41(66)32(20-25-8-5-4-6-9-25)53-38(63)28(45)15-17-34(58)59/h4-6,8-9,11-14,23-24,28-32,36,56H,7,10,15-22,45H2,1-3H3,(H,49,67)(H,50,65)(H,51,57)(H,52,62)(H,53,63)(H,54,66)(H,55,64)(H,58,59)(H,60,61)(H,68,69)(H4,46,47,48)/t24-,28-,29-,30-,31-,32-,36-/m0/s1. The monoisotopic (exact) mass is 969 g/mol. The fourth-order valence-electron chi connectivity index (χ4n) is 6.38. The van der Waals surface area contributed by atoms with Crippen LogP contribution in [0.1, 0.15) is 70.4 Å². The predicted octanol–water partition coefficient (Wildman–Crippen LogP) is -2.93. The van der Waals surface area contributed by atoms with E-state index < -0.39 is 133 Å².